The maximum Gasteiger partial charge on any atom is 0.139 e. The highest BCUT2D eigenvalue weighted by molar-refractivity contribution is 9.10. The van der Waals surface area contributed by atoms with E-state index in [0.717, 1.165) is 27.2 Å². The third-order valence-electron chi connectivity index (χ3n) is 4.94. The molecule has 5 heteroatoms. The van der Waals surface area contributed by atoms with Crippen molar-refractivity contribution in [1.29, 1.82) is 0 Å². The number of halogens is 1. The highest BCUT2D eigenvalue weighted by atomic mass is 79.9. The molecular formula is C20H23BrN4. The number of nitrogens with zero attached hydrogens (tertiary/aromatic N) is 3. The lowest BCUT2D eigenvalue weighted by Crippen LogP contribution is -2.16. The van der Waals surface area contributed by atoms with Crippen molar-refractivity contribution in [3.8, 4) is 11.3 Å². The van der Waals surface area contributed by atoms with E-state index in [1.807, 2.05) is 6.07 Å². The molecule has 1 aromatic carbocycles. The van der Waals surface area contributed by atoms with E-state index in [9.17, 15) is 0 Å². The monoisotopic (exact) mass is 398 g/mol. The van der Waals surface area contributed by atoms with Gasteiger partial charge in [0.15, 0.2) is 0 Å². The van der Waals surface area contributed by atoms with Gasteiger partial charge in [-0.05, 0) is 53.0 Å². The van der Waals surface area contributed by atoms with E-state index < -0.39 is 0 Å². The number of fused-ring (bicyclic) bond motifs is 1. The molecule has 0 aliphatic heterocycles. The van der Waals surface area contributed by atoms with Crippen LogP contribution in [-0.4, -0.2) is 29.5 Å². The fourth-order valence-corrected chi connectivity index (χ4v) is 3.88. The Hall–Kier alpha value is -2.01. The number of benzene rings is 1. The van der Waals surface area contributed by atoms with Gasteiger partial charge in [0.2, 0.25) is 0 Å². The van der Waals surface area contributed by atoms with Crippen LogP contribution in [0, 0.1) is 0 Å². The van der Waals surface area contributed by atoms with Gasteiger partial charge >= 0.3 is 0 Å². The third kappa shape index (κ3) is 3.25. The Kier molecular flexibility index (Phi) is 4.42. The van der Waals surface area contributed by atoms with Crippen molar-refractivity contribution >= 4 is 33.1 Å². The Bertz CT molecular complexity index is 877. The second-order valence-corrected chi connectivity index (χ2v) is 7.87. The lowest BCUT2D eigenvalue weighted by Gasteiger charge is -2.16. The fraction of sp³-hybridized carbons (Fsp3) is 0.350. The molecule has 1 aliphatic carbocycles. The molecule has 4 rings (SSSR count). The number of imidazole rings is 1. The van der Waals surface area contributed by atoms with Crippen LogP contribution in [0.4, 0.5) is 11.5 Å². The average Bonchev–Trinajstić information content (AvgIpc) is 3.24. The Balaban J connectivity index is 1.80. The van der Waals surface area contributed by atoms with Gasteiger partial charge in [0, 0.05) is 42.1 Å². The minimum Gasteiger partial charge on any atom is -0.378 e. The summed E-state index contributed by atoms with van der Waals surface area (Å²) in [7, 11) is 4.12. The Morgan fingerprint density at radius 1 is 1.08 bits per heavy atom. The maximum atomic E-state index is 4.91. The Morgan fingerprint density at radius 2 is 1.80 bits per heavy atom. The van der Waals surface area contributed by atoms with Crippen molar-refractivity contribution in [1.82, 2.24) is 9.38 Å². The van der Waals surface area contributed by atoms with Crippen LogP contribution in [0.25, 0.3) is 16.9 Å². The SMILES string of the molecule is CN(C)c1ccc(-c2nc3ccc(Br)cn3c2NC2CCCC2)cc1. The third-order valence-corrected chi connectivity index (χ3v) is 5.40. The number of pyridine rings is 1. The van der Waals surface area contributed by atoms with Gasteiger partial charge in [0.1, 0.15) is 17.2 Å². The molecule has 0 amide bonds. The summed E-state index contributed by atoms with van der Waals surface area (Å²) in [6, 6.07) is 13.3. The number of hydrogen-bond acceptors (Lipinski definition) is 3. The Labute approximate surface area is 157 Å². The first-order valence-electron chi connectivity index (χ1n) is 8.84. The highest BCUT2D eigenvalue weighted by Gasteiger charge is 2.20. The summed E-state index contributed by atoms with van der Waals surface area (Å²) in [4.78, 5) is 7.02. The molecule has 0 unspecified atom stereocenters. The maximum absolute atomic E-state index is 4.91. The molecular weight excluding hydrogens is 376 g/mol. The van der Waals surface area contributed by atoms with Crippen molar-refractivity contribution in [3.63, 3.8) is 0 Å². The molecule has 1 saturated carbocycles. The molecule has 2 aromatic heterocycles. The number of rotatable bonds is 4. The van der Waals surface area contributed by atoms with Gasteiger partial charge in [0.25, 0.3) is 0 Å². The first kappa shape index (κ1) is 16.5. The first-order valence-corrected chi connectivity index (χ1v) is 9.63. The predicted octanol–water partition coefficient (Wildman–Crippen LogP) is 5.18. The molecule has 1 aliphatic rings. The summed E-state index contributed by atoms with van der Waals surface area (Å²) < 4.78 is 3.22. The minimum absolute atomic E-state index is 0.540. The van der Waals surface area contributed by atoms with Crippen molar-refractivity contribution in [2.24, 2.45) is 0 Å². The minimum atomic E-state index is 0.540. The zero-order valence-electron chi connectivity index (χ0n) is 14.7. The summed E-state index contributed by atoms with van der Waals surface area (Å²) in [5.41, 5.74) is 4.33. The molecule has 4 nitrogen and oxygen atoms in total. The van der Waals surface area contributed by atoms with Gasteiger partial charge in [-0.15, -0.1) is 0 Å². The molecule has 0 radical (unpaired) electrons. The topological polar surface area (TPSA) is 32.6 Å². The summed E-state index contributed by atoms with van der Waals surface area (Å²) in [5.74, 6) is 1.10. The molecule has 0 atom stereocenters. The number of aromatic nitrogens is 2. The normalized spacial score (nSPS) is 15.0. The summed E-state index contributed by atoms with van der Waals surface area (Å²) >= 11 is 3.59. The van der Waals surface area contributed by atoms with Crippen LogP contribution in [0.3, 0.4) is 0 Å². The Morgan fingerprint density at radius 3 is 2.48 bits per heavy atom. The van der Waals surface area contributed by atoms with Gasteiger partial charge in [0.05, 0.1) is 0 Å². The average molecular weight is 399 g/mol. The predicted molar refractivity (Wildman–Crippen MR) is 109 cm³/mol. The van der Waals surface area contributed by atoms with Crippen molar-refractivity contribution in [2.45, 2.75) is 31.7 Å². The van der Waals surface area contributed by atoms with Crippen LogP contribution < -0.4 is 10.2 Å². The molecule has 2 heterocycles. The second-order valence-electron chi connectivity index (χ2n) is 6.95. The summed E-state index contributed by atoms with van der Waals surface area (Å²) in [6.45, 7) is 0. The zero-order valence-corrected chi connectivity index (χ0v) is 16.3. The van der Waals surface area contributed by atoms with Crippen LogP contribution >= 0.6 is 15.9 Å². The molecule has 0 spiro atoms. The van der Waals surface area contributed by atoms with Crippen LogP contribution in [0.1, 0.15) is 25.7 Å². The van der Waals surface area contributed by atoms with Gasteiger partial charge in [-0.2, -0.15) is 0 Å². The van der Waals surface area contributed by atoms with Gasteiger partial charge in [-0.1, -0.05) is 25.0 Å². The number of anilines is 2. The second kappa shape index (κ2) is 6.71. The van der Waals surface area contributed by atoms with E-state index in [4.69, 9.17) is 4.98 Å². The van der Waals surface area contributed by atoms with Gasteiger partial charge in [-0.3, -0.25) is 4.40 Å². The largest absolute Gasteiger partial charge is 0.378 e. The summed E-state index contributed by atoms with van der Waals surface area (Å²) in [5, 5.41) is 3.76. The molecule has 25 heavy (non-hydrogen) atoms. The smallest absolute Gasteiger partial charge is 0.139 e. The van der Waals surface area contributed by atoms with Crippen molar-refractivity contribution < 1.29 is 0 Å². The van der Waals surface area contributed by atoms with Gasteiger partial charge < -0.3 is 10.2 Å². The van der Waals surface area contributed by atoms with E-state index >= 15 is 0 Å². The van der Waals surface area contributed by atoms with Crippen LogP contribution in [0.5, 0.6) is 0 Å². The summed E-state index contributed by atoms with van der Waals surface area (Å²) in [6.07, 6.45) is 7.19. The number of nitrogens with one attached hydrogen (secondary N) is 1. The van der Waals surface area contributed by atoms with Crippen molar-refractivity contribution in [3.05, 3.63) is 47.1 Å². The number of hydrogen-bond donors (Lipinski definition) is 1. The molecule has 0 saturated heterocycles. The van der Waals surface area contributed by atoms with E-state index in [1.54, 1.807) is 0 Å². The zero-order chi connectivity index (χ0) is 17.4. The molecule has 1 fully saturated rings. The fourth-order valence-electron chi connectivity index (χ4n) is 3.54. The first-order chi connectivity index (χ1) is 12.1. The van der Waals surface area contributed by atoms with Gasteiger partial charge in [-0.25, -0.2) is 4.98 Å². The molecule has 3 aromatic rings. The lowest BCUT2D eigenvalue weighted by molar-refractivity contribution is 0.749. The van der Waals surface area contributed by atoms with Crippen LogP contribution in [0.15, 0.2) is 47.1 Å². The van der Waals surface area contributed by atoms with Crippen LogP contribution in [0.2, 0.25) is 0 Å². The van der Waals surface area contributed by atoms with E-state index in [-0.39, 0.29) is 0 Å². The molecule has 0 bridgehead atoms. The van der Waals surface area contributed by atoms with Crippen molar-refractivity contribution in [2.75, 3.05) is 24.3 Å². The molecule has 1 N–H and O–H groups in total. The standard InChI is InChI=1S/C20H23BrN4/c1-24(2)17-10-7-14(8-11-17)19-20(22-16-5-3-4-6-16)25-13-15(21)9-12-18(25)23-19/h7-13,16,22H,3-6H2,1-2H3. The quantitative estimate of drug-likeness (QED) is 0.656. The van der Waals surface area contributed by atoms with E-state index in [0.29, 0.717) is 6.04 Å². The molecule has 130 valence electrons. The van der Waals surface area contributed by atoms with E-state index in [1.165, 1.54) is 31.4 Å². The van der Waals surface area contributed by atoms with E-state index in [2.05, 4.69) is 81.2 Å². The highest BCUT2D eigenvalue weighted by Crippen LogP contribution is 2.33. The van der Waals surface area contributed by atoms with Crippen LogP contribution in [-0.2, 0) is 0 Å². The lowest BCUT2D eigenvalue weighted by atomic mass is 10.1.